The van der Waals surface area contributed by atoms with Crippen LogP contribution in [0.2, 0.25) is 0 Å². The highest BCUT2D eigenvalue weighted by atomic mass is 16.5. The molecule has 8 nitrogen and oxygen atoms in total. The van der Waals surface area contributed by atoms with Crippen LogP contribution >= 0.6 is 0 Å². The molecular formula is C18H24N6O2. The van der Waals surface area contributed by atoms with Crippen LogP contribution < -0.4 is 4.90 Å². The molecule has 1 aromatic carbocycles. The first-order valence-electron chi connectivity index (χ1n) is 9.09. The van der Waals surface area contributed by atoms with Gasteiger partial charge in [-0.15, -0.1) is 0 Å². The minimum absolute atomic E-state index is 0.117. The highest BCUT2D eigenvalue weighted by Crippen LogP contribution is 2.23. The number of para-hydroxylation sites is 1. The first kappa shape index (κ1) is 17.0. The predicted octanol–water partition coefficient (Wildman–Crippen LogP) is 0.599. The van der Waals surface area contributed by atoms with Crippen molar-refractivity contribution < 1.29 is 9.53 Å². The average molecular weight is 356 g/mol. The van der Waals surface area contributed by atoms with Gasteiger partial charge in [0, 0.05) is 45.0 Å². The van der Waals surface area contributed by atoms with Crippen molar-refractivity contribution in [3.8, 4) is 0 Å². The number of morpholine rings is 1. The van der Waals surface area contributed by atoms with E-state index in [0.29, 0.717) is 13.2 Å². The second kappa shape index (κ2) is 7.84. The molecule has 1 amide bonds. The van der Waals surface area contributed by atoms with Crippen LogP contribution in [0.15, 0.2) is 30.6 Å². The smallest absolute Gasteiger partial charge is 0.256 e. The van der Waals surface area contributed by atoms with E-state index >= 15 is 0 Å². The van der Waals surface area contributed by atoms with Gasteiger partial charge in [-0.1, -0.05) is 12.1 Å². The van der Waals surface area contributed by atoms with Gasteiger partial charge in [-0.3, -0.25) is 14.8 Å². The van der Waals surface area contributed by atoms with Gasteiger partial charge in [-0.2, -0.15) is 5.10 Å². The molecule has 4 rings (SSSR count). The molecule has 8 heteroatoms. The summed E-state index contributed by atoms with van der Waals surface area (Å²) in [5.41, 5.74) is 1.81. The number of aromatic amines is 1. The fraction of sp³-hybridized carbons (Fsp3) is 0.500. The van der Waals surface area contributed by atoms with Gasteiger partial charge in [0.05, 0.1) is 25.3 Å². The molecule has 2 aromatic rings. The van der Waals surface area contributed by atoms with Gasteiger partial charge in [0.1, 0.15) is 12.2 Å². The maximum absolute atomic E-state index is 13.1. The second-order valence-corrected chi connectivity index (χ2v) is 6.62. The summed E-state index contributed by atoms with van der Waals surface area (Å²) in [4.78, 5) is 23.8. The SMILES string of the molecule is O=C(c1ccccc1N1CCOCC1)N1CCN(Cc2ncn[nH]2)CC1. The van der Waals surface area contributed by atoms with Crippen LogP contribution in [0.25, 0.3) is 0 Å². The highest BCUT2D eigenvalue weighted by molar-refractivity contribution is 6.00. The van der Waals surface area contributed by atoms with Crippen molar-refractivity contribution in [1.82, 2.24) is 25.0 Å². The van der Waals surface area contributed by atoms with E-state index in [1.54, 1.807) is 0 Å². The van der Waals surface area contributed by atoms with Gasteiger partial charge in [-0.05, 0) is 12.1 Å². The van der Waals surface area contributed by atoms with Crippen LogP contribution in [0.5, 0.6) is 0 Å². The normalized spacial score (nSPS) is 18.9. The Morgan fingerprint density at radius 1 is 1.08 bits per heavy atom. The lowest BCUT2D eigenvalue weighted by Crippen LogP contribution is -2.48. The van der Waals surface area contributed by atoms with E-state index in [0.717, 1.165) is 62.9 Å². The molecule has 0 aliphatic carbocycles. The molecule has 26 heavy (non-hydrogen) atoms. The lowest BCUT2D eigenvalue weighted by Gasteiger charge is -2.36. The number of nitrogens with one attached hydrogen (secondary N) is 1. The van der Waals surface area contributed by atoms with Gasteiger partial charge in [0.2, 0.25) is 0 Å². The zero-order valence-electron chi connectivity index (χ0n) is 14.8. The molecule has 0 atom stereocenters. The number of piperazine rings is 1. The first-order chi connectivity index (χ1) is 12.8. The number of H-pyrrole nitrogens is 1. The van der Waals surface area contributed by atoms with Crippen LogP contribution in [-0.2, 0) is 11.3 Å². The van der Waals surface area contributed by atoms with Crippen molar-refractivity contribution in [2.75, 3.05) is 57.4 Å². The largest absolute Gasteiger partial charge is 0.378 e. The maximum atomic E-state index is 13.1. The summed E-state index contributed by atoms with van der Waals surface area (Å²) in [6.07, 6.45) is 1.53. The molecule has 2 aliphatic rings. The molecule has 2 saturated heterocycles. The molecule has 1 aromatic heterocycles. The monoisotopic (exact) mass is 356 g/mol. The number of ether oxygens (including phenoxy) is 1. The van der Waals surface area contributed by atoms with Gasteiger partial charge < -0.3 is 14.5 Å². The molecule has 2 aliphatic heterocycles. The molecular weight excluding hydrogens is 332 g/mol. The number of nitrogens with zero attached hydrogens (tertiary/aromatic N) is 5. The van der Waals surface area contributed by atoms with Crippen molar-refractivity contribution >= 4 is 11.6 Å². The average Bonchev–Trinajstić information content (AvgIpc) is 3.22. The number of amides is 1. The zero-order chi connectivity index (χ0) is 17.8. The summed E-state index contributed by atoms with van der Waals surface area (Å²) in [6.45, 7) is 6.95. The lowest BCUT2D eigenvalue weighted by molar-refractivity contribution is 0.0625. The van der Waals surface area contributed by atoms with Crippen molar-refractivity contribution in [3.63, 3.8) is 0 Å². The maximum Gasteiger partial charge on any atom is 0.256 e. The Kier molecular flexibility index (Phi) is 5.12. The summed E-state index contributed by atoms with van der Waals surface area (Å²) in [5.74, 6) is 0.980. The number of aromatic nitrogens is 3. The number of carbonyl (C=O) groups excluding carboxylic acids is 1. The Morgan fingerprint density at radius 2 is 1.85 bits per heavy atom. The minimum Gasteiger partial charge on any atom is -0.378 e. The summed E-state index contributed by atoms with van der Waals surface area (Å²) in [6, 6.07) is 7.92. The van der Waals surface area contributed by atoms with E-state index in [1.165, 1.54) is 6.33 Å². The van der Waals surface area contributed by atoms with Crippen molar-refractivity contribution in [1.29, 1.82) is 0 Å². The molecule has 0 bridgehead atoms. The third-order valence-corrected chi connectivity index (χ3v) is 4.98. The number of carbonyl (C=O) groups is 1. The van der Waals surface area contributed by atoms with Crippen LogP contribution in [0.3, 0.4) is 0 Å². The molecule has 2 fully saturated rings. The third kappa shape index (κ3) is 3.71. The molecule has 0 saturated carbocycles. The van der Waals surface area contributed by atoms with Gasteiger partial charge in [-0.25, -0.2) is 4.98 Å². The van der Waals surface area contributed by atoms with Gasteiger partial charge >= 0.3 is 0 Å². The quantitative estimate of drug-likeness (QED) is 0.864. The predicted molar refractivity (Wildman–Crippen MR) is 97.0 cm³/mol. The third-order valence-electron chi connectivity index (χ3n) is 4.98. The van der Waals surface area contributed by atoms with Gasteiger partial charge in [0.15, 0.2) is 0 Å². The topological polar surface area (TPSA) is 77.6 Å². The number of anilines is 1. The number of hydrogen-bond donors (Lipinski definition) is 1. The van der Waals surface area contributed by atoms with Crippen LogP contribution in [0.1, 0.15) is 16.2 Å². The highest BCUT2D eigenvalue weighted by Gasteiger charge is 2.26. The Morgan fingerprint density at radius 3 is 2.58 bits per heavy atom. The van der Waals surface area contributed by atoms with E-state index < -0.39 is 0 Å². The summed E-state index contributed by atoms with van der Waals surface area (Å²) < 4.78 is 5.44. The molecule has 0 radical (unpaired) electrons. The number of benzene rings is 1. The van der Waals surface area contributed by atoms with E-state index in [2.05, 4.69) is 25.0 Å². The number of rotatable bonds is 4. The van der Waals surface area contributed by atoms with Crippen LogP contribution in [-0.4, -0.2) is 83.4 Å². The molecule has 1 N–H and O–H groups in total. The second-order valence-electron chi connectivity index (χ2n) is 6.62. The lowest BCUT2D eigenvalue weighted by atomic mass is 10.1. The standard InChI is InChI=1S/C18H24N6O2/c25-18(15-3-1-2-4-16(15)23-9-11-26-12-10-23)24-7-5-22(6-8-24)13-17-19-14-20-21-17/h1-4,14H,5-13H2,(H,19,20,21). The fourth-order valence-corrected chi connectivity index (χ4v) is 3.53. The summed E-state index contributed by atoms with van der Waals surface area (Å²) in [7, 11) is 0. The van der Waals surface area contributed by atoms with E-state index in [4.69, 9.17) is 4.74 Å². The molecule has 0 spiro atoms. The van der Waals surface area contributed by atoms with Crippen molar-refractivity contribution in [2.24, 2.45) is 0 Å². The minimum atomic E-state index is 0.117. The van der Waals surface area contributed by atoms with E-state index in [9.17, 15) is 4.79 Å². The van der Waals surface area contributed by atoms with E-state index in [1.807, 2.05) is 29.2 Å². The molecule has 0 unspecified atom stereocenters. The van der Waals surface area contributed by atoms with Crippen molar-refractivity contribution in [3.05, 3.63) is 42.0 Å². The fourth-order valence-electron chi connectivity index (χ4n) is 3.53. The zero-order valence-corrected chi connectivity index (χ0v) is 14.8. The Hall–Kier alpha value is -2.45. The van der Waals surface area contributed by atoms with Crippen LogP contribution in [0.4, 0.5) is 5.69 Å². The van der Waals surface area contributed by atoms with E-state index in [-0.39, 0.29) is 5.91 Å². The summed E-state index contributed by atoms with van der Waals surface area (Å²) in [5, 5.41) is 6.77. The van der Waals surface area contributed by atoms with Crippen LogP contribution in [0, 0.1) is 0 Å². The Bertz CT molecular complexity index is 721. The van der Waals surface area contributed by atoms with Gasteiger partial charge in [0.25, 0.3) is 5.91 Å². The summed E-state index contributed by atoms with van der Waals surface area (Å²) >= 11 is 0. The van der Waals surface area contributed by atoms with Crippen molar-refractivity contribution in [2.45, 2.75) is 6.54 Å². The molecule has 3 heterocycles. The molecule has 138 valence electrons. The Labute approximate surface area is 152 Å². The Balaban J connectivity index is 1.41. The number of hydrogen-bond acceptors (Lipinski definition) is 6. The first-order valence-corrected chi connectivity index (χ1v) is 9.09.